The van der Waals surface area contributed by atoms with Gasteiger partial charge in [-0.1, -0.05) is 6.42 Å². The van der Waals surface area contributed by atoms with E-state index in [9.17, 15) is 13.2 Å². The Hall–Kier alpha value is -1.80. The minimum Gasteiger partial charge on any atom is -0.490 e. The number of ether oxygens (including phenoxy) is 2. The molecular formula is C17H26N2O5S. The van der Waals surface area contributed by atoms with E-state index in [4.69, 9.17) is 15.2 Å². The second kappa shape index (κ2) is 8.53. The van der Waals surface area contributed by atoms with E-state index in [0.717, 1.165) is 12.8 Å². The molecular weight excluding hydrogens is 344 g/mol. The number of nitrogens with zero attached hydrogens (tertiary/aromatic N) is 1. The molecule has 25 heavy (non-hydrogen) atoms. The first-order valence-electron chi connectivity index (χ1n) is 8.60. The lowest BCUT2D eigenvalue weighted by Gasteiger charge is -2.34. The number of primary amides is 1. The van der Waals surface area contributed by atoms with Crippen LogP contribution in [0.5, 0.6) is 11.5 Å². The highest BCUT2D eigenvalue weighted by Crippen LogP contribution is 2.33. The average molecular weight is 370 g/mol. The molecule has 1 saturated heterocycles. The van der Waals surface area contributed by atoms with Crippen LogP contribution in [0.2, 0.25) is 0 Å². The van der Waals surface area contributed by atoms with Crippen molar-refractivity contribution in [1.82, 2.24) is 4.31 Å². The van der Waals surface area contributed by atoms with Crippen LogP contribution in [-0.2, 0) is 14.8 Å². The van der Waals surface area contributed by atoms with E-state index >= 15 is 0 Å². The Balaban J connectivity index is 2.36. The second-order valence-corrected chi connectivity index (χ2v) is 7.80. The lowest BCUT2D eigenvalue weighted by atomic mass is 10.0. The largest absolute Gasteiger partial charge is 0.490 e. The van der Waals surface area contributed by atoms with Crippen molar-refractivity contribution in [2.24, 2.45) is 5.73 Å². The Bertz CT molecular complexity index is 705. The van der Waals surface area contributed by atoms with E-state index in [1.807, 2.05) is 13.8 Å². The van der Waals surface area contributed by atoms with E-state index < -0.39 is 22.0 Å². The van der Waals surface area contributed by atoms with Gasteiger partial charge in [0, 0.05) is 25.1 Å². The highest BCUT2D eigenvalue weighted by atomic mass is 32.2. The zero-order valence-electron chi connectivity index (χ0n) is 14.7. The third-order valence-corrected chi connectivity index (χ3v) is 6.08. The van der Waals surface area contributed by atoms with Gasteiger partial charge in [-0.25, -0.2) is 8.42 Å². The summed E-state index contributed by atoms with van der Waals surface area (Å²) in [6.45, 7) is 4.92. The monoisotopic (exact) mass is 370 g/mol. The van der Waals surface area contributed by atoms with E-state index in [1.165, 1.54) is 16.4 Å². The van der Waals surface area contributed by atoms with Crippen molar-refractivity contribution < 1.29 is 22.7 Å². The standard InChI is InChI=1S/C17H26N2O5S/c1-3-23-15-9-8-14(12-16(15)24-4-2)25(21,22)19-10-6-5-7-13(19)11-17(18)20/h8-9,12-13H,3-7,10-11H2,1-2H3,(H2,18,20)/t13-/m0/s1. The quantitative estimate of drug-likeness (QED) is 0.753. The normalized spacial score (nSPS) is 18.7. The first-order valence-corrected chi connectivity index (χ1v) is 10.0. The van der Waals surface area contributed by atoms with E-state index in [0.29, 0.717) is 37.7 Å². The van der Waals surface area contributed by atoms with Crippen LogP contribution in [0.4, 0.5) is 0 Å². The molecule has 1 aromatic carbocycles. The maximum absolute atomic E-state index is 13.1. The summed E-state index contributed by atoms with van der Waals surface area (Å²) in [6.07, 6.45) is 2.33. The van der Waals surface area contributed by atoms with Crippen LogP contribution in [0.3, 0.4) is 0 Å². The molecule has 1 amide bonds. The van der Waals surface area contributed by atoms with Crippen LogP contribution in [0, 0.1) is 0 Å². The fourth-order valence-corrected chi connectivity index (χ4v) is 4.76. The summed E-state index contributed by atoms with van der Waals surface area (Å²) in [5.41, 5.74) is 5.29. The Labute approximate surface area is 149 Å². The second-order valence-electron chi connectivity index (χ2n) is 5.91. The molecule has 1 atom stereocenters. The van der Waals surface area contributed by atoms with Gasteiger partial charge in [0.2, 0.25) is 15.9 Å². The lowest BCUT2D eigenvalue weighted by molar-refractivity contribution is -0.119. The number of hydrogen-bond acceptors (Lipinski definition) is 5. The van der Waals surface area contributed by atoms with Gasteiger partial charge in [-0.15, -0.1) is 0 Å². The van der Waals surface area contributed by atoms with Crippen LogP contribution < -0.4 is 15.2 Å². The van der Waals surface area contributed by atoms with Crippen LogP contribution in [-0.4, -0.2) is 44.4 Å². The minimum atomic E-state index is -3.74. The number of nitrogens with two attached hydrogens (primary N) is 1. The molecule has 0 saturated carbocycles. The summed E-state index contributed by atoms with van der Waals surface area (Å²) in [5.74, 6) is 0.415. The molecule has 0 aromatic heterocycles. The highest BCUT2D eigenvalue weighted by Gasteiger charge is 2.34. The van der Waals surface area contributed by atoms with Crippen LogP contribution in [0.15, 0.2) is 23.1 Å². The fourth-order valence-electron chi connectivity index (χ4n) is 3.05. The third kappa shape index (κ3) is 4.64. The van der Waals surface area contributed by atoms with Gasteiger partial charge < -0.3 is 15.2 Å². The summed E-state index contributed by atoms with van der Waals surface area (Å²) in [7, 11) is -3.74. The van der Waals surface area contributed by atoms with Crippen molar-refractivity contribution in [2.75, 3.05) is 19.8 Å². The molecule has 0 spiro atoms. The number of sulfonamides is 1. The van der Waals surface area contributed by atoms with Gasteiger partial charge in [0.25, 0.3) is 0 Å². The summed E-state index contributed by atoms with van der Waals surface area (Å²) in [4.78, 5) is 11.4. The molecule has 8 heteroatoms. The number of rotatable bonds is 8. The third-order valence-electron chi connectivity index (χ3n) is 4.13. The van der Waals surface area contributed by atoms with Gasteiger partial charge >= 0.3 is 0 Å². The van der Waals surface area contributed by atoms with Crippen molar-refractivity contribution in [2.45, 2.75) is 50.5 Å². The van der Waals surface area contributed by atoms with E-state index in [-0.39, 0.29) is 11.3 Å². The minimum absolute atomic E-state index is 0.0363. The van der Waals surface area contributed by atoms with Gasteiger partial charge in [0.1, 0.15) is 0 Å². The number of benzene rings is 1. The van der Waals surface area contributed by atoms with Crippen molar-refractivity contribution in [3.8, 4) is 11.5 Å². The smallest absolute Gasteiger partial charge is 0.243 e. The summed E-state index contributed by atoms with van der Waals surface area (Å²) < 4.78 is 38.6. The molecule has 1 heterocycles. The fraction of sp³-hybridized carbons (Fsp3) is 0.588. The predicted octanol–water partition coefficient (Wildman–Crippen LogP) is 1.90. The molecule has 0 bridgehead atoms. The van der Waals surface area contributed by atoms with Crippen molar-refractivity contribution >= 4 is 15.9 Å². The number of carbonyl (C=O) groups is 1. The molecule has 0 aliphatic carbocycles. The summed E-state index contributed by atoms with van der Waals surface area (Å²) in [6, 6.07) is 4.21. The van der Waals surface area contributed by atoms with Gasteiger partial charge in [0.15, 0.2) is 11.5 Å². The molecule has 1 aromatic rings. The zero-order valence-corrected chi connectivity index (χ0v) is 15.5. The first kappa shape index (κ1) is 19.5. The molecule has 2 rings (SSSR count). The Kier molecular flexibility index (Phi) is 6.66. The van der Waals surface area contributed by atoms with Gasteiger partial charge in [-0.05, 0) is 38.8 Å². The number of hydrogen-bond donors (Lipinski definition) is 1. The first-order chi connectivity index (χ1) is 11.9. The number of carbonyl (C=O) groups excluding carboxylic acids is 1. The molecule has 1 aliphatic rings. The molecule has 0 unspecified atom stereocenters. The van der Waals surface area contributed by atoms with Crippen molar-refractivity contribution in [3.63, 3.8) is 0 Å². The van der Waals surface area contributed by atoms with Crippen molar-refractivity contribution in [1.29, 1.82) is 0 Å². The molecule has 1 aliphatic heterocycles. The topological polar surface area (TPSA) is 98.9 Å². The molecule has 140 valence electrons. The Morgan fingerprint density at radius 2 is 1.88 bits per heavy atom. The highest BCUT2D eigenvalue weighted by molar-refractivity contribution is 7.89. The Morgan fingerprint density at radius 3 is 2.52 bits per heavy atom. The van der Waals surface area contributed by atoms with Gasteiger partial charge in [0.05, 0.1) is 18.1 Å². The number of amides is 1. The van der Waals surface area contributed by atoms with Gasteiger partial charge in [-0.3, -0.25) is 4.79 Å². The predicted molar refractivity (Wildman–Crippen MR) is 94.1 cm³/mol. The molecule has 7 nitrogen and oxygen atoms in total. The maximum Gasteiger partial charge on any atom is 0.243 e. The summed E-state index contributed by atoms with van der Waals surface area (Å²) >= 11 is 0. The maximum atomic E-state index is 13.1. The van der Waals surface area contributed by atoms with Gasteiger partial charge in [-0.2, -0.15) is 4.31 Å². The van der Waals surface area contributed by atoms with Crippen LogP contribution in [0.1, 0.15) is 39.5 Å². The van der Waals surface area contributed by atoms with E-state index in [2.05, 4.69) is 0 Å². The van der Waals surface area contributed by atoms with Crippen LogP contribution >= 0.6 is 0 Å². The SMILES string of the molecule is CCOc1ccc(S(=O)(=O)N2CCCC[C@H]2CC(N)=O)cc1OCC. The number of piperidine rings is 1. The van der Waals surface area contributed by atoms with E-state index in [1.54, 1.807) is 6.07 Å². The van der Waals surface area contributed by atoms with Crippen molar-refractivity contribution in [3.05, 3.63) is 18.2 Å². The molecule has 1 fully saturated rings. The zero-order chi connectivity index (χ0) is 18.4. The molecule has 0 radical (unpaired) electrons. The molecule has 2 N–H and O–H groups in total. The lowest BCUT2D eigenvalue weighted by Crippen LogP contribution is -2.45. The Morgan fingerprint density at radius 1 is 1.20 bits per heavy atom. The summed E-state index contributed by atoms with van der Waals surface area (Å²) in [5, 5.41) is 0. The average Bonchev–Trinajstić information content (AvgIpc) is 2.56. The van der Waals surface area contributed by atoms with Crippen LogP contribution in [0.25, 0.3) is 0 Å².